The van der Waals surface area contributed by atoms with E-state index < -0.39 is 11.7 Å². The zero-order valence-corrected chi connectivity index (χ0v) is 11.7. The lowest BCUT2D eigenvalue weighted by molar-refractivity contribution is 0.0996. The van der Waals surface area contributed by atoms with E-state index in [9.17, 15) is 9.18 Å². The number of carbonyl (C=O) groups excluding carboxylic acids is 1. The molecule has 5 heteroatoms. The molecule has 0 unspecified atom stereocenters. The minimum atomic E-state index is -0.571. The highest BCUT2D eigenvalue weighted by molar-refractivity contribution is 5.97. The number of amides is 1. The maximum Gasteiger partial charge on any atom is 0.252 e. The second-order valence-electron chi connectivity index (χ2n) is 4.66. The molecule has 1 amide bonds. The summed E-state index contributed by atoms with van der Waals surface area (Å²) in [5.74, 6) is -0.599. The molecular weight excluding hydrogens is 271 g/mol. The molecule has 0 atom stereocenters. The molecule has 0 aliphatic rings. The quantitative estimate of drug-likeness (QED) is 0.830. The number of anilines is 1. The van der Waals surface area contributed by atoms with Gasteiger partial charge in [-0.1, -0.05) is 19.1 Å². The summed E-state index contributed by atoms with van der Waals surface area (Å²) in [6.07, 6.45) is 0.828. The Morgan fingerprint density at radius 2 is 1.86 bits per heavy atom. The summed E-state index contributed by atoms with van der Waals surface area (Å²) in [5, 5.41) is 0. The number of carbonyl (C=O) groups is 1. The van der Waals surface area contributed by atoms with Gasteiger partial charge in [0.05, 0.1) is 17.9 Å². The van der Waals surface area contributed by atoms with Gasteiger partial charge < -0.3 is 16.2 Å². The lowest BCUT2D eigenvalue weighted by Crippen LogP contribution is -2.13. The number of hydrogen-bond donors (Lipinski definition) is 2. The predicted octanol–water partition coefficient (Wildman–Crippen LogP) is 2.96. The second kappa shape index (κ2) is 6.26. The highest BCUT2D eigenvalue weighted by Crippen LogP contribution is 2.28. The number of rotatable bonds is 5. The van der Waals surface area contributed by atoms with Gasteiger partial charge in [0.15, 0.2) is 0 Å². The zero-order valence-electron chi connectivity index (χ0n) is 11.7. The monoisotopic (exact) mass is 288 g/mol. The molecule has 0 aliphatic carbocycles. The third-order valence-corrected chi connectivity index (χ3v) is 3.04. The van der Waals surface area contributed by atoms with Crippen LogP contribution in [0.15, 0.2) is 36.4 Å². The molecule has 0 aromatic heterocycles. The first-order chi connectivity index (χ1) is 10.0. The molecule has 0 heterocycles. The van der Waals surface area contributed by atoms with Gasteiger partial charge in [-0.15, -0.1) is 0 Å². The molecule has 2 aromatic rings. The van der Waals surface area contributed by atoms with E-state index in [0.29, 0.717) is 23.5 Å². The Labute approximate surface area is 122 Å². The Morgan fingerprint density at radius 3 is 2.48 bits per heavy atom. The SMILES string of the molecule is CCCOc1ccc(-c2ccc(F)c(N)c2)cc1C(N)=O. The molecule has 2 rings (SSSR count). The van der Waals surface area contributed by atoms with Gasteiger partial charge in [0.2, 0.25) is 0 Å². The highest BCUT2D eigenvalue weighted by Gasteiger charge is 2.12. The van der Waals surface area contributed by atoms with Gasteiger partial charge in [0, 0.05) is 0 Å². The largest absolute Gasteiger partial charge is 0.493 e. The predicted molar refractivity (Wildman–Crippen MR) is 80.6 cm³/mol. The maximum atomic E-state index is 13.2. The lowest BCUT2D eigenvalue weighted by atomic mass is 10.0. The second-order valence-corrected chi connectivity index (χ2v) is 4.66. The van der Waals surface area contributed by atoms with E-state index in [1.807, 2.05) is 6.92 Å². The van der Waals surface area contributed by atoms with Gasteiger partial charge >= 0.3 is 0 Å². The number of nitrogen functional groups attached to an aromatic ring is 1. The van der Waals surface area contributed by atoms with Crippen LogP contribution in [0.4, 0.5) is 10.1 Å². The number of primary amides is 1. The molecule has 2 aromatic carbocycles. The van der Waals surface area contributed by atoms with Crippen molar-refractivity contribution >= 4 is 11.6 Å². The van der Waals surface area contributed by atoms with Crippen molar-refractivity contribution in [3.63, 3.8) is 0 Å². The van der Waals surface area contributed by atoms with Crippen LogP contribution in [0.25, 0.3) is 11.1 Å². The van der Waals surface area contributed by atoms with Crippen LogP contribution in [-0.2, 0) is 0 Å². The molecule has 21 heavy (non-hydrogen) atoms. The summed E-state index contributed by atoms with van der Waals surface area (Å²) in [7, 11) is 0. The Morgan fingerprint density at radius 1 is 1.19 bits per heavy atom. The molecule has 0 bridgehead atoms. The van der Waals surface area contributed by atoms with Gasteiger partial charge in [-0.3, -0.25) is 4.79 Å². The topological polar surface area (TPSA) is 78.3 Å². The van der Waals surface area contributed by atoms with Crippen molar-refractivity contribution in [3.8, 4) is 16.9 Å². The van der Waals surface area contributed by atoms with Crippen LogP contribution >= 0.6 is 0 Å². The first kappa shape index (κ1) is 14.8. The number of nitrogens with two attached hydrogens (primary N) is 2. The zero-order chi connectivity index (χ0) is 15.4. The summed E-state index contributed by atoms with van der Waals surface area (Å²) in [5.41, 5.74) is 12.7. The van der Waals surface area contributed by atoms with Crippen LogP contribution in [0.2, 0.25) is 0 Å². The third-order valence-electron chi connectivity index (χ3n) is 3.04. The third kappa shape index (κ3) is 3.31. The Hall–Kier alpha value is -2.56. The Balaban J connectivity index is 2.43. The average molecular weight is 288 g/mol. The van der Waals surface area contributed by atoms with Crippen molar-refractivity contribution in [2.75, 3.05) is 12.3 Å². The minimum absolute atomic E-state index is 0.0550. The van der Waals surface area contributed by atoms with Crippen molar-refractivity contribution in [1.82, 2.24) is 0 Å². The first-order valence-corrected chi connectivity index (χ1v) is 6.65. The van der Waals surface area contributed by atoms with Crippen LogP contribution in [0.3, 0.4) is 0 Å². The fourth-order valence-electron chi connectivity index (χ4n) is 1.96. The van der Waals surface area contributed by atoms with Crippen molar-refractivity contribution in [2.24, 2.45) is 5.73 Å². The highest BCUT2D eigenvalue weighted by atomic mass is 19.1. The number of ether oxygens (including phenoxy) is 1. The number of halogens is 1. The molecular formula is C16H17FN2O2. The van der Waals surface area contributed by atoms with Crippen molar-refractivity contribution < 1.29 is 13.9 Å². The van der Waals surface area contributed by atoms with E-state index in [0.717, 1.165) is 12.0 Å². The van der Waals surface area contributed by atoms with Gasteiger partial charge in [-0.05, 0) is 41.8 Å². The van der Waals surface area contributed by atoms with Crippen LogP contribution < -0.4 is 16.2 Å². The standard InChI is InChI=1S/C16H17FN2O2/c1-2-7-21-15-6-4-10(8-12(15)16(19)20)11-3-5-13(17)14(18)9-11/h3-6,8-9H,2,7,18H2,1H3,(H2,19,20). The fraction of sp³-hybridized carbons (Fsp3) is 0.188. The van der Waals surface area contributed by atoms with Gasteiger partial charge in [0.1, 0.15) is 11.6 Å². The van der Waals surface area contributed by atoms with Crippen LogP contribution in [0, 0.1) is 5.82 Å². The molecule has 110 valence electrons. The van der Waals surface area contributed by atoms with Crippen LogP contribution in [0.1, 0.15) is 23.7 Å². The van der Waals surface area contributed by atoms with Crippen molar-refractivity contribution in [1.29, 1.82) is 0 Å². The molecule has 0 saturated carbocycles. The number of hydrogen-bond acceptors (Lipinski definition) is 3. The summed E-state index contributed by atoms with van der Waals surface area (Å²) >= 11 is 0. The van der Waals surface area contributed by atoms with E-state index in [-0.39, 0.29) is 5.69 Å². The summed E-state index contributed by atoms with van der Waals surface area (Å²) in [6, 6.07) is 9.49. The fourth-order valence-corrected chi connectivity index (χ4v) is 1.96. The Bertz CT molecular complexity index is 671. The Kier molecular flexibility index (Phi) is 4.42. The summed E-state index contributed by atoms with van der Waals surface area (Å²) < 4.78 is 18.7. The van der Waals surface area contributed by atoms with E-state index in [2.05, 4.69) is 0 Å². The van der Waals surface area contributed by atoms with Gasteiger partial charge in [-0.2, -0.15) is 0 Å². The molecule has 0 saturated heterocycles. The van der Waals surface area contributed by atoms with Gasteiger partial charge in [0.25, 0.3) is 5.91 Å². The molecule has 4 N–H and O–H groups in total. The van der Waals surface area contributed by atoms with Crippen molar-refractivity contribution in [2.45, 2.75) is 13.3 Å². The normalized spacial score (nSPS) is 10.4. The average Bonchev–Trinajstić information content (AvgIpc) is 2.47. The molecule has 0 spiro atoms. The minimum Gasteiger partial charge on any atom is -0.493 e. The molecule has 0 fully saturated rings. The smallest absolute Gasteiger partial charge is 0.252 e. The molecule has 0 radical (unpaired) electrons. The van der Waals surface area contributed by atoms with E-state index in [1.54, 1.807) is 24.3 Å². The van der Waals surface area contributed by atoms with E-state index in [4.69, 9.17) is 16.2 Å². The summed E-state index contributed by atoms with van der Waals surface area (Å²) in [4.78, 5) is 11.5. The number of benzene rings is 2. The van der Waals surface area contributed by atoms with Crippen molar-refractivity contribution in [3.05, 3.63) is 47.8 Å². The van der Waals surface area contributed by atoms with E-state index in [1.165, 1.54) is 12.1 Å². The lowest BCUT2D eigenvalue weighted by Gasteiger charge is -2.11. The summed E-state index contributed by atoms with van der Waals surface area (Å²) in [6.45, 7) is 2.47. The molecule has 0 aliphatic heterocycles. The first-order valence-electron chi connectivity index (χ1n) is 6.65. The van der Waals surface area contributed by atoms with E-state index >= 15 is 0 Å². The van der Waals surface area contributed by atoms with Crippen LogP contribution in [0.5, 0.6) is 5.75 Å². The maximum absolute atomic E-state index is 13.2. The van der Waals surface area contributed by atoms with Gasteiger partial charge in [-0.25, -0.2) is 4.39 Å². The molecule has 4 nitrogen and oxygen atoms in total. The van der Waals surface area contributed by atoms with Crippen LogP contribution in [-0.4, -0.2) is 12.5 Å².